The Morgan fingerprint density at radius 1 is 1.05 bits per heavy atom. The smallest absolute Gasteiger partial charge is 0.221 e. The number of allylic oxidation sites excluding steroid dienone is 1. The molecular weight excluding hydrogens is 240 g/mol. The van der Waals surface area contributed by atoms with Crippen LogP contribution in [-0.2, 0) is 9.47 Å². The topological polar surface area (TPSA) is 43.2 Å². The molecule has 0 saturated carbocycles. The van der Waals surface area contributed by atoms with Crippen molar-refractivity contribution >= 4 is 11.8 Å². The van der Waals surface area contributed by atoms with Gasteiger partial charge in [-0.2, -0.15) is 0 Å². The van der Waals surface area contributed by atoms with Crippen LogP contribution in [0.5, 0.6) is 0 Å². The van der Waals surface area contributed by atoms with Gasteiger partial charge in [0.2, 0.25) is 11.8 Å². The molecule has 19 heavy (non-hydrogen) atoms. The summed E-state index contributed by atoms with van der Waals surface area (Å²) in [5, 5.41) is 0. The SMILES string of the molecule is CCCCCC=C(C1=NCCCO1)C1=NCCCO1. The van der Waals surface area contributed by atoms with Gasteiger partial charge in [0.25, 0.3) is 0 Å². The van der Waals surface area contributed by atoms with Crippen LogP contribution in [-0.4, -0.2) is 38.1 Å². The van der Waals surface area contributed by atoms with Crippen LogP contribution in [0.4, 0.5) is 0 Å². The Kier molecular flexibility index (Phi) is 5.92. The summed E-state index contributed by atoms with van der Waals surface area (Å²) in [7, 11) is 0. The van der Waals surface area contributed by atoms with E-state index in [1.165, 1.54) is 19.3 Å². The molecule has 2 rings (SSSR count). The third kappa shape index (κ3) is 4.37. The van der Waals surface area contributed by atoms with E-state index in [0.29, 0.717) is 0 Å². The zero-order valence-corrected chi connectivity index (χ0v) is 11.9. The lowest BCUT2D eigenvalue weighted by molar-refractivity contribution is 0.271. The summed E-state index contributed by atoms with van der Waals surface area (Å²) < 4.78 is 11.3. The van der Waals surface area contributed by atoms with Crippen molar-refractivity contribution in [1.29, 1.82) is 0 Å². The maximum Gasteiger partial charge on any atom is 0.221 e. The van der Waals surface area contributed by atoms with E-state index < -0.39 is 0 Å². The molecule has 106 valence electrons. The second-order valence-corrected chi connectivity index (χ2v) is 4.89. The van der Waals surface area contributed by atoms with E-state index in [2.05, 4.69) is 23.0 Å². The van der Waals surface area contributed by atoms with E-state index in [9.17, 15) is 0 Å². The fraction of sp³-hybridized carbons (Fsp3) is 0.733. The zero-order chi connectivity index (χ0) is 13.3. The van der Waals surface area contributed by atoms with Gasteiger partial charge in [0.1, 0.15) is 0 Å². The number of hydrogen-bond acceptors (Lipinski definition) is 4. The first-order valence-electron chi connectivity index (χ1n) is 7.47. The van der Waals surface area contributed by atoms with Crippen molar-refractivity contribution in [1.82, 2.24) is 0 Å². The van der Waals surface area contributed by atoms with Crippen LogP contribution < -0.4 is 0 Å². The maximum absolute atomic E-state index is 5.67. The Balaban J connectivity index is 2.07. The van der Waals surface area contributed by atoms with E-state index >= 15 is 0 Å². The predicted octanol–water partition coefficient (Wildman–Crippen LogP) is 3.13. The molecule has 0 radical (unpaired) electrons. The fourth-order valence-corrected chi connectivity index (χ4v) is 2.15. The molecule has 0 amide bonds. The maximum atomic E-state index is 5.67. The third-order valence-corrected chi connectivity index (χ3v) is 3.21. The number of hydrogen-bond donors (Lipinski definition) is 0. The van der Waals surface area contributed by atoms with Gasteiger partial charge in [-0.1, -0.05) is 25.8 Å². The Labute approximate surface area is 115 Å². The lowest BCUT2D eigenvalue weighted by Crippen LogP contribution is -2.25. The quantitative estimate of drug-likeness (QED) is 0.692. The second-order valence-electron chi connectivity index (χ2n) is 4.89. The molecule has 0 aliphatic carbocycles. The molecule has 0 fully saturated rings. The van der Waals surface area contributed by atoms with Crippen LogP contribution in [0, 0.1) is 0 Å². The predicted molar refractivity (Wildman–Crippen MR) is 78.0 cm³/mol. The highest BCUT2D eigenvalue weighted by Gasteiger charge is 2.20. The summed E-state index contributed by atoms with van der Waals surface area (Å²) in [6.45, 7) is 5.40. The van der Waals surface area contributed by atoms with Crippen molar-refractivity contribution in [3.8, 4) is 0 Å². The molecule has 4 nitrogen and oxygen atoms in total. The number of nitrogens with zero attached hydrogens (tertiary/aromatic N) is 2. The van der Waals surface area contributed by atoms with E-state index in [0.717, 1.165) is 62.9 Å². The summed E-state index contributed by atoms with van der Waals surface area (Å²) in [6, 6.07) is 0. The van der Waals surface area contributed by atoms with E-state index in [4.69, 9.17) is 9.47 Å². The van der Waals surface area contributed by atoms with Gasteiger partial charge >= 0.3 is 0 Å². The van der Waals surface area contributed by atoms with Crippen LogP contribution in [0.25, 0.3) is 0 Å². The first-order chi connectivity index (χ1) is 9.42. The average Bonchev–Trinajstić information content (AvgIpc) is 2.49. The van der Waals surface area contributed by atoms with E-state index in [1.807, 2.05) is 0 Å². The van der Waals surface area contributed by atoms with Crippen LogP contribution in [0.3, 0.4) is 0 Å². The molecule has 0 aromatic heterocycles. The van der Waals surface area contributed by atoms with Crippen LogP contribution in [0.15, 0.2) is 21.6 Å². The number of rotatable bonds is 6. The minimum Gasteiger partial charge on any atom is -0.477 e. The van der Waals surface area contributed by atoms with Gasteiger partial charge < -0.3 is 9.47 Å². The molecule has 2 aliphatic heterocycles. The summed E-state index contributed by atoms with van der Waals surface area (Å²) in [4.78, 5) is 8.94. The van der Waals surface area contributed by atoms with Gasteiger partial charge in [0.05, 0.1) is 18.8 Å². The third-order valence-electron chi connectivity index (χ3n) is 3.21. The Bertz CT molecular complexity index is 344. The van der Waals surface area contributed by atoms with Gasteiger partial charge in [-0.25, -0.2) is 0 Å². The first kappa shape index (κ1) is 14.1. The molecule has 0 spiro atoms. The van der Waals surface area contributed by atoms with Crippen LogP contribution in [0.2, 0.25) is 0 Å². The second kappa shape index (κ2) is 7.97. The molecular formula is C15H24N2O2. The van der Waals surface area contributed by atoms with Crippen molar-refractivity contribution in [3.05, 3.63) is 11.6 Å². The molecule has 2 heterocycles. The Hall–Kier alpha value is -1.32. The summed E-state index contributed by atoms with van der Waals surface area (Å²) in [5.74, 6) is 1.45. The standard InChI is InChI=1S/C15H24N2O2/c1-2-3-4-5-8-13(14-16-9-6-11-18-14)15-17-10-7-12-19-15/h8H,2-7,9-12H2,1H3. The molecule has 0 aromatic rings. The normalized spacial score (nSPS) is 18.8. The highest BCUT2D eigenvalue weighted by molar-refractivity contribution is 6.18. The summed E-state index contributed by atoms with van der Waals surface area (Å²) in [5.41, 5.74) is 0.968. The largest absolute Gasteiger partial charge is 0.477 e. The van der Waals surface area contributed by atoms with Gasteiger partial charge in [0.15, 0.2) is 0 Å². The molecule has 0 aromatic carbocycles. The van der Waals surface area contributed by atoms with Gasteiger partial charge in [-0.15, -0.1) is 0 Å². The lowest BCUT2D eigenvalue weighted by atomic mass is 10.1. The molecule has 0 unspecified atom stereocenters. The fourth-order valence-electron chi connectivity index (χ4n) is 2.15. The molecule has 2 aliphatic rings. The van der Waals surface area contributed by atoms with Crippen molar-refractivity contribution in [3.63, 3.8) is 0 Å². The highest BCUT2D eigenvalue weighted by atomic mass is 16.5. The van der Waals surface area contributed by atoms with E-state index in [-0.39, 0.29) is 0 Å². The van der Waals surface area contributed by atoms with Crippen LogP contribution in [0.1, 0.15) is 45.4 Å². The van der Waals surface area contributed by atoms with Crippen molar-refractivity contribution in [2.24, 2.45) is 9.98 Å². The number of ether oxygens (including phenoxy) is 2. The van der Waals surface area contributed by atoms with E-state index in [1.54, 1.807) is 0 Å². The number of aliphatic imine (C=N–C) groups is 2. The molecule has 4 heteroatoms. The minimum absolute atomic E-state index is 0.725. The molecule has 0 bridgehead atoms. The van der Waals surface area contributed by atoms with Gasteiger partial charge in [-0.3, -0.25) is 9.98 Å². The molecule has 0 N–H and O–H groups in total. The zero-order valence-electron chi connectivity index (χ0n) is 11.9. The minimum atomic E-state index is 0.725. The highest BCUT2D eigenvalue weighted by Crippen LogP contribution is 2.15. The first-order valence-corrected chi connectivity index (χ1v) is 7.47. The van der Waals surface area contributed by atoms with Crippen LogP contribution >= 0.6 is 0 Å². The summed E-state index contributed by atoms with van der Waals surface area (Å²) >= 11 is 0. The van der Waals surface area contributed by atoms with Crippen molar-refractivity contribution in [2.45, 2.75) is 45.4 Å². The lowest BCUT2D eigenvalue weighted by Gasteiger charge is -2.20. The molecule has 0 saturated heterocycles. The average molecular weight is 264 g/mol. The van der Waals surface area contributed by atoms with Gasteiger partial charge in [0, 0.05) is 25.9 Å². The number of unbranched alkanes of at least 4 members (excludes halogenated alkanes) is 3. The molecule has 0 atom stereocenters. The Morgan fingerprint density at radius 3 is 2.16 bits per heavy atom. The van der Waals surface area contributed by atoms with Crippen molar-refractivity contribution < 1.29 is 9.47 Å². The van der Waals surface area contributed by atoms with Crippen molar-refractivity contribution in [2.75, 3.05) is 26.3 Å². The monoisotopic (exact) mass is 264 g/mol. The Morgan fingerprint density at radius 2 is 1.68 bits per heavy atom. The summed E-state index contributed by atoms with van der Waals surface area (Å²) in [6.07, 6.45) is 8.90. The van der Waals surface area contributed by atoms with Gasteiger partial charge in [-0.05, 0) is 12.8 Å².